The minimum Gasteiger partial charge on any atom is -0.481 e. The Balaban J connectivity index is 2.96. The fourth-order valence-electron chi connectivity index (χ4n) is 1.95. The van der Waals surface area contributed by atoms with Gasteiger partial charge in [-0.25, -0.2) is 0 Å². The van der Waals surface area contributed by atoms with Crippen molar-refractivity contribution in [3.05, 3.63) is 32.9 Å². The van der Waals surface area contributed by atoms with Gasteiger partial charge < -0.3 is 15.2 Å². The standard InChI is InChI=1S/C14H18INO4/c1-9-5-4-6-10(12(9)15)13(19)16-14(2,8-20-3)7-11(17)18/h4-6H,7-8H2,1-3H3,(H,16,19)(H,17,18). The van der Waals surface area contributed by atoms with E-state index in [4.69, 9.17) is 9.84 Å². The summed E-state index contributed by atoms with van der Waals surface area (Å²) in [6.45, 7) is 3.71. The first-order valence-corrected chi connectivity index (χ1v) is 7.15. The molecule has 0 fully saturated rings. The van der Waals surface area contributed by atoms with Crippen LogP contribution in [0.15, 0.2) is 18.2 Å². The van der Waals surface area contributed by atoms with E-state index in [0.29, 0.717) is 5.56 Å². The van der Waals surface area contributed by atoms with Crippen molar-refractivity contribution >= 4 is 34.5 Å². The number of methoxy groups -OCH3 is 1. The van der Waals surface area contributed by atoms with Gasteiger partial charge in [0, 0.05) is 10.7 Å². The summed E-state index contributed by atoms with van der Waals surface area (Å²) < 4.78 is 5.88. The van der Waals surface area contributed by atoms with Gasteiger partial charge in [0.05, 0.1) is 24.1 Å². The summed E-state index contributed by atoms with van der Waals surface area (Å²) in [7, 11) is 1.47. The van der Waals surface area contributed by atoms with Crippen molar-refractivity contribution in [3.8, 4) is 0 Å². The first kappa shape index (κ1) is 16.9. The summed E-state index contributed by atoms with van der Waals surface area (Å²) in [6, 6.07) is 5.44. The molecular weight excluding hydrogens is 373 g/mol. The molecule has 1 amide bonds. The van der Waals surface area contributed by atoms with Crippen LogP contribution in [0.3, 0.4) is 0 Å². The van der Waals surface area contributed by atoms with Gasteiger partial charge in [-0.15, -0.1) is 0 Å². The molecule has 0 aliphatic rings. The molecule has 0 saturated heterocycles. The number of ether oxygens (including phenoxy) is 1. The van der Waals surface area contributed by atoms with E-state index in [1.54, 1.807) is 19.1 Å². The summed E-state index contributed by atoms with van der Waals surface area (Å²) in [5.41, 5.74) is 0.605. The van der Waals surface area contributed by atoms with Crippen molar-refractivity contribution in [2.24, 2.45) is 0 Å². The molecule has 0 aliphatic carbocycles. The first-order chi connectivity index (χ1) is 9.29. The van der Waals surface area contributed by atoms with E-state index in [9.17, 15) is 9.59 Å². The van der Waals surface area contributed by atoms with Crippen molar-refractivity contribution in [3.63, 3.8) is 0 Å². The molecule has 0 saturated carbocycles. The predicted octanol–water partition coefficient (Wildman–Crippen LogP) is 2.21. The fourth-order valence-corrected chi connectivity index (χ4v) is 2.55. The molecule has 0 heterocycles. The maximum Gasteiger partial charge on any atom is 0.305 e. The number of hydrogen-bond acceptors (Lipinski definition) is 3. The lowest BCUT2D eigenvalue weighted by atomic mass is 9.98. The van der Waals surface area contributed by atoms with E-state index in [0.717, 1.165) is 9.13 Å². The van der Waals surface area contributed by atoms with Gasteiger partial charge >= 0.3 is 5.97 Å². The Labute approximate surface area is 131 Å². The van der Waals surface area contributed by atoms with Crippen molar-refractivity contribution in [2.75, 3.05) is 13.7 Å². The van der Waals surface area contributed by atoms with E-state index in [1.807, 2.05) is 13.0 Å². The van der Waals surface area contributed by atoms with Gasteiger partial charge in [0.2, 0.25) is 0 Å². The summed E-state index contributed by atoms with van der Waals surface area (Å²) in [5, 5.41) is 11.7. The molecule has 0 bridgehead atoms. The smallest absolute Gasteiger partial charge is 0.305 e. The molecule has 0 aliphatic heterocycles. The second kappa shape index (κ2) is 7.03. The minimum atomic E-state index is -0.983. The van der Waals surface area contributed by atoms with Crippen molar-refractivity contribution in [1.82, 2.24) is 5.32 Å². The second-order valence-electron chi connectivity index (χ2n) is 4.95. The molecular formula is C14H18INO4. The van der Waals surface area contributed by atoms with Crippen molar-refractivity contribution < 1.29 is 19.4 Å². The minimum absolute atomic E-state index is 0.132. The lowest BCUT2D eigenvalue weighted by molar-refractivity contribution is -0.139. The predicted molar refractivity (Wildman–Crippen MR) is 83.9 cm³/mol. The Morgan fingerprint density at radius 3 is 2.65 bits per heavy atom. The van der Waals surface area contributed by atoms with E-state index < -0.39 is 11.5 Å². The molecule has 0 aromatic heterocycles. The summed E-state index contributed by atoms with van der Waals surface area (Å²) >= 11 is 2.11. The quantitative estimate of drug-likeness (QED) is 0.730. The number of aryl methyl sites for hydroxylation is 1. The number of rotatable bonds is 6. The molecule has 2 N–H and O–H groups in total. The molecule has 0 radical (unpaired) electrons. The molecule has 0 spiro atoms. The average Bonchev–Trinajstić information content (AvgIpc) is 2.31. The number of hydrogen-bond donors (Lipinski definition) is 2. The fraction of sp³-hybridized carbons (Fsp3) is 0.429. The molecule has 6 heteroatoms. The number of carboxylic acid groups (broad SMARTS) is 1. The molecule has 5 nitrogen and oxygen atoms in total. The van der Waals surface area contributed by atoms with Crippen LogP contribution in [0.25, 0.3) is 0 Å². The summed E-state index contributed by atoms with van der Waals surface area (Å²) in [4.78, 5) is 23.2. The topological polar surface area (TPSA) is 75.6 Å². The number of halogens is 1. The lowest BCUT2D eigenvalue weighted by Gasteiger charge is -2.28. The van der Waals surface area contributed by atoms with Crippen LogP contribution in [0.4, 0.5) is 0 Å². The van der Waals surface area contributed by atoms with Crippen molar-refractivity contribution in [1.29, 1.82) is 0 Å². The Morgan fingerprint density at radius 1 is 1.45 bits per heavy atom. The zero-order valence-corrected chi connectivity index (χ0v) is 13.9. The van der Waals surface area contributed by atoms with E-state index in [1.165, 1.54) is 7.11 Å². The number of carboxylic acids is 1. The average molecular weight is 391 g/mol. The lowest BCUT2D eigenvalue weighted by Crippen LogP contribution is -2.51. The van der Waals surface area contributed by atoms with Crippen LogP contribution >= 0.6 is 22.6 Å². The van der Waals surface area contributed by atoms with Gasteiger partial charge in [-0.05, 0) is 48.1 Å². The second-order valence-corrected chi connectivity index (χ2v) is 6.03. The van der Waals surface area contributed by atoms with Gasteiger partial charge in [0.15, 0.2) is 0 Å². The Hall–Kier alpha value is -1.15. The SMILES string of the molecule is COCC(C)(CC(=O)O)NC(=O)c1cccc(C)c1I. The molecule has 1 rings (SSSR count). The summed E-state index contributed by atoms with van der Waals surface area (Å²) in [5.74, 6) is -1.28. The zero-order chi connectivity index (χ0) is 15.3. The number of aliphatic carboxylic acids is 1. The molecule has 1 aromatic carbocycles. The molecule has 20 heavy (non-hydrogen) atoms. The van der Waals surface area contributed by atoms with Crippen LogP contribution in [0, 0.1) is 10.5 Å². The van der Waals surface area contributed by atoms with Gasteiger partial charge in [-0.2, -0.15) is 0 Å². The van der Waals surface area contributed by atoms with Crippen LogP contribution < -0.4 is 5.32 Å². The Kier molecular flexibility index (Phi) is 5.94. The number of carbonyl (C=O) groups excluding carboxylic acids is 1. The van der Waals surface area contributed by atoms with Gasteiger partial charge in [-0.1, -0.05) is 12.1 Å². The molecule has 1 aromatic rings. The third kappa shape index (κ3) is 4.45. The van der Waals surface area contributed by atoms with Gasteiger partial charge in [-0.3, -0.25) is 9.59 Å². The zero-order valence-electron chi connectivity index (χ0n) is 11.7. The maximum atomic E-state index is 12.3. The van der Waals surface area contributed by atoms with Crippen LogP contribution in [0.5, 0.6) is 0 Å². The monoisotopic (exact) mass is 391 g/mol. The van der Waals surface area contributed by atoms with E-state index in [2.05, 4.69) is 27.9 Å². The summed E-state index contributed by atoms with van der Waals surface area (Å²) in [6.07, 6.45) is -0.199. The van der Waals surface area contributed by atoms with Crippen LogP contribution in [-0.2, 0) is 9.53 Å². The number of amides is 1. The maximum absolute atomic E-state index is 12.3. The highest BCUT2D eigenvalue weighted by atomic mass is 127. The number of benzene rings is 1. The highest BCUT2D eigenvalue weighted by Gasteiger charge is 2.30. The highest BCUT2D eigenvalue weighted by molar-refractivity contribution is 14.1. The van der Waals surface area contributed by atoms with Crippen LogP contribution in [-0.4, -0.2) is 36.2 Å². The van der Waals surface area contributed by atoms with Gasteiger partial charge in [0.1, 0.15) is 0 Å². The molecule has 1 unspecified atom stereocenters. The molecule has 1 atom stereocenters. The number of carbonyl (C=O) groups is 2. The van der Waals surface area contributed by atoms with Crippen LogP contribution in [0.2, 0.25) is 0 Å². The van der Waals surface area contributed by atoms with Crippen LogP contribution in [0.1, 0.15) is 29.3 Å². The normalized spacial score (nSPS) is 13.6. The van der Waals surface area contributed by atoms with Crippen molar-refractivity contribution in [2.45, 2.75) is 25.8 Å². The first-order valence-electron chi connectivity index (χ1n) is 6.07. The Bertz CT molecular complexity index is 518. The third-order valence-corrected chi connectivity index (χ3v) is 4.29. The highest BCUT2D eigenvalue weighted by Crippen LogP contribution is 2.18. The third-order valence-electron chi connectivity index (χ3n) is 2.86. The molecule has 110 valence electrons. The van der Waals surface area contributed by atoms with E-state index >= 15 is 0 Å². The van der Waals surface area contributed by atoms with Gasteiger partial charge in [0.25, 0.3) is 5.91 Å². The van der Waals surface area contributed by atoms with E-state index in [-0.39, 0.29) is 18.9 Å². The number of nitrogens with one attached hydrogen (secondary N) is 1. The largest absolute Gasteiger partial charge is 0.481 e. The Morgan fingerprint density at radius 2 is 2.10 bits per heavy atom.